The van der Waals surface area contributed by atoms with E-state index < -0.39 is 12.1 Å². The van der Waals surface area contributed by atoms with E-state index in [2.05, 4.69) is 27.2 Å². The highest BCUT2D eigenvalue weighted by Crippen LogP contribution is 1.98. The summed E-state index contributed by atoms with van der Waals surface area (Å²) in [5.74, 6) is -0.775. The molecule has 17 heavy (non-hydrogen) atoms. The maximum Gasteiger partial charge on any atom is 0.244 e. The fourth-order valence-corrected chi connectivity index (χ4v) is 1.16. The Labute approximate surface area is 99.9 Å². The molecule has 0 radical (unpaired) electrons. The summed E-state index contributed by atoms with van der Waals surface area (Å²) in [5.41, 5.74) is 8.07. The highest BCUT2D eigenvalue weighted by atomic mass is 16.2. The summed E-state index contributed by atoms with van der Waals surface area (Å²) in [6.45, 7) is 5.06. The Bertz CT molecular complexity index is 323. The van der Waals surface area contributed by atoms with Crippen LogP contribution in [0, 0.1) is 0 Å². The van der Waals surface area contributed by atoms with Crippen molar-refractivity contribution in [2.45, 2.75) is 32.4 Å². The van der Waals surface area contributed by atoms with Gasteiger partial charge in [0.1, 0.15) is 12.7 Å². The first-order valence-corrected chi connectivity index (χ1v) is 5.37. The molecular formula is C10H17N5O2. The van der Waals surface area contributed by atoms with E-state index in [1.165, 1.54) is 0 Å². The topological polar surface area (TPSA) is 107 Å². The third-order valence-corrected chi connectivity index (χ3v) is 1.96. The number of unbranched alkanes of at least 4 members (excludes halogenated alkanes) is 1. The molecule has 0 saturated carbocycles. The van der Waals surface area contributed by atoms with Crippen molar-refractivity contribution in [2.75, 3.05) is 6.54 Å². The number of amides is 2. The minimum Gasteiger partial charge on any atom is -0.336 e. The van der Waals surface area contributed by atoms with Crippen LogP contribution in [0.15, 0.2) is 17.8 Å². The van der Waals surface area contributed by atoms with E-state index in [9.17, 15) is 9.59 Å². The monoisotopic (exact) mass is 239 g/mol. The van der Waals surface area contributed by atoms with Gasteiger partial charge in [0.25, 0.3) is 0 Å². The van der Waals surface area contributed by atoms with Gasteiger partial charge < -0.3 is 10.6 Å². The number of azide groups is 1. The molecule has 0 aliphatic heterocycles. The van der Waals surface area contributed by atoms with Gasteiger partial charge in [-0.2, -0.15) is 0 Å². The minimum atomic E-state index is -0.457. The lowest BCUT2D eigenvalue weighted by atomic mass is 10.2. The molecule has 2 amide bonds. The van der Waals surface area contributed by atoms with E-state index in [-0.39, 0.29) is 12.5 Å². The van der Waals surface area contributed by atoms with E-state index in [0.717, 1.165) is 18.9 Å². The summed E-state index contributed by atoms with van der Waals surface area (Å²) in [6, 6.07) is 0. The molecule has 0 aliphatic carbocycles. The zero-order valence-corrected chi connectivity index (χ0v) is 9.85. The third kappa shape index (κ3) is 7.87. The molecule has 0 spiro atoms. The first kappa shape index (κ1) is 15.0. The van der Waals surface area contributed by atoms with Gasteiger partial charge in [-0.3, -0.25) is 9.59 Å². The fraction of sp³-hybridized carbons (Fsp3) is 0.600. The lowest BCUT2D eigenvalue weighted by Gasteiger charge is -2.18. The molecule has 0 bridgehead atoms. The predicted octanol–water partition coefficient (Wildman–Crippen LogP) is 1.23. The molecule has 1 unspecified atom stereocenters. The molecule has 0 rings (SSSR count). The van der Waals surface area contributed by atoms with Gasteiger partial charge in [0.05, 0.1) is 0 Å². The first-order valence-electron chi connectivity index (χ1n) is 5.37. The Balaban J connectivity index is 4.25. The van der Waals surface area contributed by atoms with Crippen molar-refractivity contribution in [3.63, 3.8) is 0 Å². The van der Waals surface area contributed by atoms with Crippen molar-refractivity contribution in [2.24, 2.45) is 5.11 Å². The van der Waals surface area contributed by atoms with Gasteiger partial charge in [-0.15, -0.1) is 0 Å². The van der Waals surface area contributed by atoms with Crippen LogP contribution < -0.4 is 10.6 Å². The molecule has 0 aromatic heterocycles. The Morgan fingerprint density at radius 2 is 2.24 bits per heavy atom. The maximum atomic E-state index is 11.3. The molecular weight excluding hydrogens is 222 g/mol. The number of hydrogen-bond acceptors (Lipinski definition) is 3. The molecule has 0 aliphatic rings. The van der Waals surface area contributed by atoms with Gasteiger partial charge in [0.15, 0.2) is 0 Å². The Hall–Kier alpha value is -2.01. The number of hydrogen-bond donors (Lipinski definition) is 2. The van der Waals surface area contributed by atoms with Crippen molar-refractivity contribution in [1.82, 2.24) is 10.6 Å². The minimum absolute atomic E-state index is 0.275. The summed E-state index contributed by atoms with van der Waals surface area (Å²) in [7, 11) is 0. The summed E-state index contributed by atoms with van der Waals surface area (Å²) < 4.78 is 0. The molecule has 0 aromatic rings. The van der Waals surface area contributed by atoms with Crippen LogP contribution in [0.2, 0.25) is 0 Å². The van der Waals surface area contributed by atoms with Gasteiger partial charge >= 0.3 is 0 Å². The van der Waals surface area contributed by atoms with E-state index in [4.69, 9.17) is 5.53 Å². The molecule has 0 aromatic carbocycles. The molecule has 94 valence electrons. The third-order valence-electron chi connectivity index (χ3n) is 1.96. The SMILES string of the molecule is C=CC(=O)NC(CCCC)NC(=O)CN=[N+]=[N-]. The van der Waals surface area contributed by atoms with Gasteiger partial charge in [-0.1, -0.05) is 25.0 Å². The maximum absolute atomic E-state index is 11.3. The predicted molar refractivity (Wildman–Crippen MR) is 63.8 cm³/mol. The lowest BCUT2D eigenvalue weighted by Crippen LogP contribution is -2.48. The quantitative estimate of drug-likeness (QED) is 0.218. The van der Waals surface area contributed by atoms with Crippen molar-refractivity contribution in [3.05, 3.63) is 23.1 Å². The molecule has 0 heterocycles. The van der Waals surface area contributed by atoms with Crippen LogP contribution in [0.4, 0.5) is 0 Å². The summed E-state index contributed by atoms with van der Waals surface area (Å²) >= 11 is 0. The van der Waals surface area contributed by atoms with E-state index in [0.29, 0.717) is 6.42 Å². The molecule has 7 nitrogen and oxygen atoms in total. The highest BCUT2D eigenvalue weighted by molar-refractivity contribution is 5.87. The van der Waals surface area contributed by atoms with E-state index >= 15 is 0 Å². The number of nitrogens with one attached hydrogen (secondary N) is 2. The number of carbonyl (C=O) groups excluding carboxylic acids is 2. The van der Waals surface area contributed by atoms with Crippen molar-refractivity contribution < 1.29 is 9.59 Å². The first-order chi connectivity index (χ1) is 8.13. The largest absolute Gasteiger partial charge is 0.336 e. The van der Waals surface area contributed by atoms with Crippen LogP contribution in [0.3, 0.4) is 0 Å². The van der Waals surface area contributed by atoms with Gasteiger partial charge in [-0.25, -0.2) is 0 Å². The molecule has 0 fully saturated rings. The zero-order valence-electron chi connectivity index (χ0n) is 9.85. The van der Waals surface area contributed by atoms with Crippen molar-refractivity contribution in [1.29, 1.82) is 0 Å². The van der Waals surface area contributed by atoms with Crippen LogP contribution >= 0.6 is 0 Å². The van der Waals surface area contributed by atoms with Gasteiger partial charge in [-0.05, 0) is 24.4 Å². The van der Waals surface area contributed by atoms with Crippen LogP contribution in [-0.2, 0) is 9.59 Å². The molecule has 7 heteroatoms. The van der Waals surface area contributed by atoms with Crippen LogP contribution in [0.25, 0.3) is 10.4 Å². The van der Waals surface area contributed by atoms with E-state index in [1.807, 2.05) is 6.92 Å². The highest BCUT2D eigenvalue weighted by Gasteiger charge is 2.12. The fourth-order valence-electron chi connectivity index (χ4n) is 1.16. The van der Waals surface area contributed by atoms with Crippen LogP contribution in [0.1, 0.15) is 26.2 Å². The van der Waals surface area contributed by atoms with Crippen LogP contribution in [0.5, 0.6) is 0 Å². The van der Waals surface area contributed by atoms with Crippen LogP contribution in [-0.4, -0.2) is 24.5 Å². The number of rotatable bonds is 8. The average molecular weight is 239 g/mol. The standard InChI is InChI=1S/C10H17N5O2/c1-3-5-6-8(13-9(16)4-2)14-10(17)7-12-15-11/h4,8H,2-3,5-7H2,1H3,(H,13,16)(H,14,17). The lowest BCUT2D eigenvalue weighted by molar-refractivity contribution is -0.121. The summed E-state index contributed by atoms with van der Waals surface area (Å²) in [4.78, 5) is 24.9. The Kier molecular flexibility index (Phi) is 8.14. The molecule has 0 saturated heterocycles. The Morgan fingerprint density at radius 1 is 1.53 bits per heavy atom. The summed E-state index contributed by atoms with van der Waals surface area (Å²) in [6.07, 6.45) is 3.12. The second kappa shape index (κ2) is 9.23. The second-order valence-corrected chi connectivity index (χ2v) is 3.36. The molecule has 2 N–H and O–H groups in total. The normalized spacial score (nSPS) is 10.9. The van der Waals surface area contributed by atoms with E-state index in [1.54, 1.807) is 0 Å². The van der Waals surface area contributed by atoms with Crippen molar-refractivity contribution >= 4 is 11.8 Å². The summed E-state index contributed by atoms with van der Waals surface area (Å²) in [5, 5.41) is 8.29. The second-order valence-electron chi connectivity index (χ2n) is 3.36. The number of carbonyl (C=O) groups is 2. The smallest absolute Gasteiger partial charge is 0.244 e. The average Bonchev–Trinajstić information content (AvgIpc) is 2.33. The molecule has 1 atom stereocenters. The van der Waals surface area contributed by atoms with Gasteiger partial charge in [0.2, 0.25) is 11.8 Å². The zero-order chi connectivity index (χ0) is 13.1. The van der Waals surface area contributed by atoms with Crippen molar-refractivity contribution in [3.8, 4) is 0 Å². The number of nitrogens with zero attached hydrogens (tertiary/aromatic N) is 3. The van der Waals surface area contributed by atoms with Gasteiger partial charge in [0, 0.05) is 4.91 Å². The Morgan fingerprint density at radius 3 is 2.76 bits per heavy atom.